The topological polar surface area (TPSA) is 74.8 Å². The number of carbonyl (C=O) groups is 2. The van der Waals surface area contributed by atoms with Crippen molar-refractivity contribution in [2.75, 3.05) is 31.6 Å². The normalized spacial score (nSPS) is 19.0. The Bertz CT molecular complexity index is 709. The Balaban J connectivity index is 2.10. The second-order valence-corrected chi connectivity index (χ2v) is 8.26. The van der Waals surface area contributed by atoms with Crippen LogP contribution in [0.25, 0.3) is 0 Å². The molecule has 0 spiro atoms. The molecule has 0 saturated carbocycles. The number of rotatable bonds is 5. The number of benzene rings is 1. The van der Waals surface area contributed by atoms with Crippen LogP contribution in [0.2, 0.25) is 0 Å². The summed E-state index contributed by atoms with van der Waals surface area (Å²) in [5.41, 5.74) is 0.999. The monoisotopic (exact) mass is 352 g/mol. The highest BCUT2D eigenvalue weighted by Gasteiger charge is 2.33. The number of amides is 2. The number of hydrogen-bond donors (Lipinski definition) is 0. The van der Waals surface area contributed by atoms with Gasteiger partial charge in [-0.15, -0.1) is 0 Å². The molecule has 1 saturated heterocycles. The molecule has 0 aliphatic carbocycles. The van der Waals surface area contributed by atoms with Gasteiger partial charge in [0.05, 0.1) is 11.5 Å². The Morgan fingerprint density at radius 3 is 1.96 bits per heavy atom. The van der Waals surface area contributed by atoms with Crippen molar-refractivity contribution in [3.63, 3.8) is 0 Å². The summed E-state index contributed by atoms with van der Waals surface area (Å²) in [5, 5.41) is 0. The first kappa shape index (κ1) is 18.4. The van der Waals surface area contributed by atoms with E-state index in [0.29, 0.717) is 30.6 Å². The summed E-state index contributed by atoms with van der Waals surface area (Å²) in [6.07, 6.45) is 0.475. The van der Waals surface area contributed by atoms with Crippen LogP contribution in [0.4, 0.5) is 0 Å². The van der Waals surface area contributed by atoms with Crippen LogP contribution >= 0.6 is 0 Å². The van der Waals surface area contributed by atoms with E-state index in [2.05, 4.69) is 0 Å². The maximum atomic E-state index is 12.5. The van der Waals surface area contributed by atoms with Crippen LogP contribution in [0.3, 0.4) is 0 Å². The number of sulfone groups is 1. The summed E-state index contributed by atoms with van der Waals surface area (Å²) < 4.78 is 23.1. The van der Waals surface area contributed by atoms with Crippen molar-refractivity contribution in [2.24, 2.45) is 0 Å². The van der Waals surface area contributed by atoms with Gasteiger partial charge in [-0.25, -0.2) is 8.42 Å². The average Bonchev–Trinajstić information content (AvgIpc) is 2.94. The summed E-state index contributed by atoms with van der Waals surface area (Å²) in [4.78, 5) is 28.0. The van der Waals surface area contributed by atoms with E-state index in [9.17, 15) is 18.0 Å². The highest BCUT2D eigenvalue weighted by atomic mass is 32.2. The van der Waals surface area contributed by atoms with Crippen molar-refractivity contribution in [1.82, 2.24) is 9.80 Å². The molecule has 0 aromatic heterocycles. The van der Waals surface area contributed by atoms with Gasteiger partial charge in [0.1, 0.15) is 0 Å². The first-order chi connectivity index (χ1) is 11.3. The van der Waals surface area contributed by atoms with Gasteiger partial charge in [0, 0.05) is 37.3 Å². The molecule has 1 atom stereocenters. The van der Waals surface area contributed by atoms with Gasteiger partial charge in [-0.3, -0.25) is 9.59 Å². The summed E-state index contributed by atoms with van der Waals surface area (Å²) in [7, 11) is -1.41. The molecule has 2 rings (SSSR count). The molecular formula is C17H24N2O4S. The van der Waals surface area contributed by atoms with Gasteiger partial charge in [-0.1, -0.05) is 0 Å². The molecule has 1 aliphatic rings. The van der Waals surface area contributed by atoms with Crippen molar-refractivity contribution in [3.05, 3.63) is 35.4 Å². The van der Waals surface area contributed by atoms with Crippen LogP contribution in [-0.2, 0) is 9.84 Å². The minimum absolute atomic E-state index is 0.0216. The summed E-state index contributed by atoms with van der Waals surface area (Å²) in [5.74, 6) is -0.131. The molecule has 1 aromatic rings. The van der Waals surface area contributed by atoms with Crippen LogP contribution in [0.5, 0.6) is 0 Å². The third-order valence-electron chi connectivity index (χ3n) is 4.51. The number of hydrogen-bond acceptors (Lipinski definition) is 4. The Kier molecular flexibility index (Phi) is 5.64. The zero-order valence-electron chi connectivity index (χ0n) is 14.4. The number of nitrogens with zero attached hydrogens (tertiary/aromatic N) is 2. The predicted octanol–water partition coefficient (Wildman–Crippen LogP) is 1.43. The molecular weight excluding hydrogens is 328 g/mol. The largest absolute Gasteiger partial charge is 0.339 e. The molecule has 2 amide bonds. The van der Waals surface area contributed by atoms with E-state index in [0.717, 1.165) is 0 Å². The SMILES string of the molecule is CCN(CC)C(=O)c1ccc(C(=O)N(C)C2CCS(=O)(=O)C2)cc1. The quantitative estimate of drug-likeness (QED) is 0.803. The minimum Gasteiger partial charge on any atom is -0.339 e. The lowest BCUT2D eigenvalue weighted by atomic mass is 10.1. The molecule has 1 heterocycles. The maximum Gasteiger partial charge on any atom is 0.253 e. The summed E-state index contributed by atoms with van der Waals surface area (Å²) in [6.45, 7) is 5.11. The molecule has 1 unspecified atom stereocenters. The predicted molar refractivity (Wildman–Crippen MR) is 92.8 cm³/mol. The van der Waals surface area contributed by atoms with E-state index in [1.165, 1.54) is 4.90 Å². The van der Waals surface area contributed by atoms with Crippen molar-refractivity contribution in [3.8, 4) is 0 Å². The molecule has 1 aromatic carbocycles. The first-order valence-corrected chi connectivity index (χ1v) is 9.98. The molecule has 0 radical (unpaired) electrons. The van der Waals surface area contributed by atoms with E-state index in [1.807, 2.05) is 13.8 Å². The maximum absolute atomic E-state index is 12.5. The fourth-order valence-corrected chi connectivity index (χ4v) is 4.67. The second-order valence-electron chi connectivity index (χ2n) is 6.03. The molecule has 1 aliphatic heterocycles. The van der Waals surface area contributed by atoms with E-state index >= 15 is 0 Å². The molecule has 0 bridgehead atoms. The van der Waals surface area contributed by atoms with Gasteiger partial charge < -0.3 is 9.80 Å². The fraction of sp³-hybridized carbons (Fsp3) is 0.529. The van der Waals surface area contributed by atoms with Crippen molar-refractivity contribution in [2.45, 2.75) is 26.3 Å². The van der Waals surface area contributed by atoms with E-state index in [-0.39, 0.29) is 29.4 Å². The Labute approximate surface area is 143 Å². The van der Waals surface area contributed by atoms with Crippen molar-refractivity contribution >= 4 is 21.7 Å². The lowest BCUT2D eigenvalue weighted by molar-refractivity contribution is 0.0742. The first-order valence-electron chi connectivity index (χ1n) is 8.16. The Hall–Kier alpha value is -1.89. The summed E-state index contributed by atoms with van der Waals surface area (Å²) in [6, 6.07) is 6.26. The van der Waals surface area contributed by atoms with Crippen LogP contribution in [0.1, 0.15) is 41.0 Å². The van der Waals surface area contributed by atoms with Gasteiger partial charge in [0.15, 0.2) is 9.84 Å². The number of carbonyl (C=O) groups excluding carboxylic acids is 2. The van der Waals surface area contributed by atoms with Gasteiger partial charge >= 0.3 is 0 Å². The Morgan fingerprint density at radius 1 is 1.04 bits per heavy atom. The molecule has 24 heavy (non-hydrogen) atoms. The van der Waals surface area contributed by atoms with Crippen LogP contribution in [0, 0.1) is 0 Å². The van der Waals surface area contributed by atoms with Crippen LogP contribution in [0.15, 0.2) is 24.3 Å². The van der Waals surface area contributed by atoms with Crippen LogP contribution in [-0.4, -0.2) is 67.7 Å². The van der Waals surface area contributed by atoms with Crippen LogP contribution < -0.4 is 0 Å². The van der Waals surface area contributed by atoms with Crippen molar-refractivity contribution < 1.29 is 18.0 Å². The van der Waals surface area contributed by atoms with Gasteiger partial charge in [-0.05, 0) is 44.5 Å². The fourth-order valence-electron chi connectivity index (χ4n) is 2.90. The smallest absolute Gasteiger partial charge is 0.253 e. The standard InChI is InChI=1S/C17H24N2O4S/c1-4-19(5-2)17(21)14-8-6-13(7-9-14)16(20)18(3)15-10-11-24(22,23)12-15/h6-9,15H,4-5,10-12H2,1-3H3. The summed E-state index contributed by atoms with van der Waals surface area (Å²) >= 11 is 0. The molecule has 7 heteroatoms. The average molecular weight is 352 g/mol. The zero-order chi connectivity index (χ0) is 17.9. The van der Waals surface area contributed by atoms with Gasteiger partial charge in [0.2, 0.25) is 0 Å². The lowest BCUT2D eigenvalue weighted by Gasteiger charge is -2.23. The van der Waals surface area contributed by atoms with E-state index in [1.54, 1.807) is 36.2 Å². The molecule has 0 N–H and O–H groups in total. The van der Waals surface area contributed by atoms with E-state index in [4.69, 9.17) is 0 Å². The Morgan fingerprint density at radius 2 is 1.54 bits per heavy atom. The highest BCUT2D eigenvalue weighted by Crippen LogP contribution is 2.19. The molecule has 1 fully saturated rings. The van der Waals surface area contributed by atoms with Gasteiger partial charge in [-0.2, -0.15) is 0 Å². The molecule has 132 valence electrons. The molecule has 6 nitrogen and oxygen atoms in total. The van der Waals surface area contributed by atoms with Gasteiger partial charge in [0.25, 0.3) is 11.8 Å². The van der Waals surface area contributed by atoms with E-state index < -0.39 is 9.84 Å². The minimum atomic E-state index is -3.03. The lowest BCUT2D eigenvalue weighted by Crippen LogP contribution is -2.37. The highest BCUT2D eigenvalue weighted by molar-refractivity contribution is 7.91. The third-order valence-corrected chi connectivity index (χ3v) is 6.26. The third kappa shape index (κ3) is 3.95. The zero-order valence-corrected chi connectivity index (χ0v) is 15.2. The second kappa shape index (κ2) is 7.34. The van der Waals surface area contributed by atoms with Crippen molar-refractivity contribution in [1.29, 1.82) is 0 Å².